The summed E-state index contributed by atoms with van der Waals surface area (Å²) in [4.78, 5) is 2.38. The Hall–Kier alpha value is -8.86. The minimum Gasteiger partial charge on any atom is -0.457 e. The summed E-state index contributed by atoms with van der Waals surface area (Å²) in [5, 5.41) is 9.48. The molecule has 1 aliphatic heterocycles. The first-order chi connectivity index (χ1) is 33.2. The number of benzene rings is 11. The van der Waals surface area contributed by atoms with E-state index in [-0.39, 0.29) is 0 Å². The molecule has 0 fully saturated rings. The SMILES string of the molecule is c1ccc2c(c1)Oc1cc(N(c3ccc4oc5ccccc5c4c3)c3ccc4c(c3)c3ccccc3n4-c3cccc4ccccc34)ccc1C21c2ccccc2-c2cccc3cccc1c23. The largest absolute Gasteiger partial charge is 0.457 e. The van der Waals surface area contributed by atoms with E-state index in [2.05, 4.69) is 228 Å². The van der Waals surface area contributed by atoms with E-state index >= 15 is 0 Å². The van der Waals surface area contributed by atoms with Crippen LogP contribution in [0.4, 0.5) is 17.1 Å². The molecular formula is C63H38N2O2. The van der Waals surface area contributed by atoms with Crippen molar-refractivity contribution < 1.29 is 9.15 Å². The molecule has 1 spiro atoms. The van der Waals surface area contributed by atoms with Gasteiger partial charge < -0.3 is 18.6 Å². The van der Waals surface area contributed by atoms with Gasteiger partial charge in [0.05, 0.1) is 22.1 Å². The number of fused-ring (bicyclic) bond motifs is 15. The van der Waals surface area contributed by atoms with Crippen LogP contribution in [0.15, 0.2) is 235 Å². The van der Waals surface area contributed by atoms with Crippen molar-refractivity contribution in [2.24, 2.45) is 0 Å². The number of nitrogens with zero attached hydrogens (tertiary/aromatic N) is 2. The van der Waals surface area contributed by atoms with Gasteiger partial charge in [-0.25, -0.2) is 0 Å². The number of para-hydroxylation sites is 3. The molecule has 1 atom stereocenters. The number of aromatic nitrogens is 1. The summed E-state index contributed by atoms with van der Waals surface area (Å²) < 4.78 is 16.0. The number of ether oxygens (including phenoxy) is 1. The second-order valence-electron chi connectivity index (χ2n) is 17.9. The molecule has 15 rings (SSSR count). The summed E-state index contributed by atoms with van der Waals surface area (Å²) in [6.07, 6.45) is 0. The smallest absolute Gasteiger partial charge is 0.135 e. The van der Waals surface area contributed by atoms with Crippen LogP contribution >= 0.6 is 0 Å². The van der Waals surface area contributed by atoms with Gasteiger partial charge in [-0.1, -0.05) is 158 Å². The molecule has 0 saturated carbocycles. The molecule has 0 radical (unpaired) electrons. The number of rotatable bonds is 4. The summed E-state index contributed by atoms with van der Waals surface area (Å²) in [5.74, 6) is 1.69. The van der Waals surface area contributed by atoms with Gasteiger partial charge in [0.1, 0.15) is 22.7 Å². The van der Waals surface area contributed by atoms with Crippen molar-refractivity contribution >= 4 is 82.4 Å². The molecule has 1 unspecified atom stereocenters. The van der Waals surface area contributed by atoms with Crippen LogP contribution in [0.3, 0.4) is 0 Å². The molecule has 3 heterocycles. The lowest BCUT2D eigenvalue weighted by atomic mass is 9.58. The molecule has 13 aromatic rings. The highest BCUT2D eigenvalue weighted by Crippen LogP contribution is 2.61. The van der Waals surface area contributed by atoms with E-state index in [0.29, 0.717) is 0 Å². The van der Waals surface area contributed by atoms with Crippen molar-refractivity contribution in [3.05, 3.63) is 253 Å². The van der Waals surface area contributed by atoms with Gasteiger partial charge in [0.25, 0.3) is 0 Å². The summed E-state index contributed by atoms with van der Waals surface area (Å²) in [5.41, 5.74) is 14.9. The zero-order valence-electron chi connectivity index (χ0n) is 36.2. The van der Waals surface area contributed by atoms with Crippen LogP contribution in [-0.4, -0.2) is 4.57 Å². The molecule has 11 aromatic carbocycles. The number of hydrogen-bond donors (Lipinski definition) is 0. The molecule has 4 heteroatoms. The Balaban J connectivity index is 0.994. The number of furan rings is 1. The molecule has 0 saturated heterocycles. The minimum absolute atomic E-state index is 0.630. The molecule has 0 bridgehead atoms. The standard InChI is InChI=1S/C63H38N2O2/c1-2-18-44-39(14-1)15-13-27-55(44)65-56-26-8-4-20-46(56)49-36-41(31-34-57(49)65)64(42-32-35-59-50(37-42)47-21-5-9-28-58(47)66-59)43-30-33-53-61(38-43)67-60-29-10-7-24-52(60)63(53)51-23-6-3-19-45(51)48-22-11-16-40-17-12-25-54(63)62(40)48/h1-38H. The van der Waals surface area contributed by atoms with Gasteiger partial charge in [-0.05, 0) is 105 Å². The fraction of sp³-hybridized carbons (Fsp3) is 0.0159. The molecule has 2 aromatic heterocycles. The van der Waals surface area contributed by atoms with Crippen LogP contribution in [0.2, 0.25) is 0 Å². The number of hydrogen-bond acceptors (Lipinski definition) is 3. The predicted molar refractivity (Wildman–Crippen MR) is 275 cm³/mol. The van der Waals surface area contributed by atoms with Crippen molar-refractivity contribution in [1.29, 1.82) is 0 Å². The first kappa shape index (κ1) is 36.5. The Morgan fingerprint density at radius 2 is 0.955 bits per heavy atom. The maximum absolute atomic E-state index is 7.15. The third kappa shape index (κ3) is 4.96. The van der Waals surface area contributed by atoms with Crippen LogP contribution < -0.4 is 9.64 Å². The highest BCUT2D eigenvalue weighted by atomic mass is 16.5. The fourth-order valence-corrected chi connectivity index (χ4v) is 11.9. The maximum Gasteiger partial charge on any atom is 0.135 e. The van der Waals surface area contributed by atoms with Crippen LogP contribution in [0.25, 0.3) is 82.1 Å². The van der Waals surface area contributed by atoms with Crippen molar-refractivity contribution in [3.8, 4) is 28.3 Å². The van der Waals surface area contributed by atoms with Crippen LogP contribution in [-0.2, 0) is 5.41 Å². The zero-order chi connectivity index (χ0) is 43.8. The molecular weight excluding hydrogens is 817 g/mol. The first-order valence-corrected chi connectivity index (χ1v) is 23.0. The molecule has 67 heavy (non-hydrogen) atoms. The van der Waals surface area contributed by atoms with Gasteiger partial charge in [0, 0.05) is 61.2 Å². The van der Waals surface area contributed by atoms with Gasteiger partial charge in [-0.3, -0.25) is 0 Å². The van der Waals surface area contributed by atoms with E-state index in [4.69, 9.17) is 9.15 Å². The zero-order valence-corrected chi connectivity index (χ0v) is 36.2. The van der Waals surface area contributed by atoms with E-state index in [9.17, 15) is 0 Å². The lowest BCUT2D eigenvalue weighted by Crippen LogP contribution is -2.36. The monoisotopic (exact) mass is 854 g/mol. The predicted octanol–water partition coefficient (Wildman–Crippen LogP) is 16.9. The summed E-state index contributed by atoms with van der Waals surface area (Å²) >= 11 is 0. The second kappa shape index (κ2) is 13.6. The fourth-order valence-electron chi connectivity index (χ4n) is 11.9. The van der Waals surface area contributed by atoms with Crippen LogP contribution in [0.1, 0.15) is 22.3 Å². The summed E-state index contributed by atoms with van der Waals surface area (Å²) in [7, 11) is 0. The second-order valence-corrected chi connectivity index (χ2v) is 17.9. The molecule has 1 aliphatic carbocycles. The van der Waals surface area contributed by atoms with E-state index < -0.39 is 5.41 Å². The molecule has 4 nitrogen and oxygen atoms in total. The van der Waals surface area contributed by atoms with Gasteiger partial charge >= 0.3 is 0 Å². The summed E-state index contributed by atoms with van der Waals surface area (Å²) in [6.45, 7) is 0. The van der Waals surface area contributed by atoms with E-state index in [1.807, 2.05) is 12.1 Å². The first-order valence-electron chi connectivity index (χ1n) is 23.0. The molecule has 2 aliphatic rings. The topological polar surface area (TPSA) is 30.5 Å². The number of anilines is 3. The Morgan fingerprint density at radius 3 is 1.88 bits per heavy atom. The Bertz CT molecular complexity index is 4220. The van der Waals surface area contributed by atoms with Crippen LogP contribution in [0.5, 0.6) is 11.5 Å². The van der Waals surface area contributed by atoms with E-state index in [0.717, 1.165) is 72.8 Å². The lowest BCUT2D eigenvalue weighted by Gasteiger charge is -2.45. The average molecular weight is 855 g/mol. The average Bonchev–Trinajstić information content (AvgIpc) is 3.92. The molecule has 0 amide bonds. The third-order valence-electron chi connectivity index (χ3n) is 14.6. The van der Waals surface area contributed by atoms with Crippen molar-refractivity contribution in [1.82, 2.24) is 4.57 Å². The van der Waals surface area contributed by atoms with Gasteiger partial charge in [0.2, 0.25) is 0 Å². The Labute approximate surface area is 385 Å². The lowest BCUT2D eigenvalue weighted by molar-refractivity contribution is 0.435. The Kier molecular flexibility index (Phi) is 7.40. The maximum atomic E-state index is 7.15. The van der Waals surface area contributed by atoms with Gasteiger partial charge in [0.15, 0.2) is 0 Å². The van der Waals surface area contributed by atoms with Gasteiger partial charge in [-0.15, -0.1) is 0 Å². The quantitative estimate of drug-likeness (QED) is 0.177. The summed E-state index contributed by atoms with van der Waals surface area (Å²) in [6, 6.07) is 83.8. The minimum atomic E-state index is -0.630. The van der Waals surface area contributed by atoms with Crippen molar-refractivity contribution in [3.63, 3.8) is 0 Å². The van der Waals surface area contributed by atoms with Gasteiger partial charge in [-0.2, -0.15) is 0 Å². The normalized spacial score (nSPS) is 14.7. The highest BCUT2D eigenvalue weighted by molar-refractivity contribution is 6.13. The Morgan fingerprint density at radius 1 is 0.358 bits per heavy atom. The van der Waals surface area contributed by atoms with E-state index in [1.165, 1.54) is 60.1 Å². The third-order valence-corrected chi connectivity index (χ3v) is 14.6. The molecule has 312 valence electrons. The van der Waals surface area contributed by atoms with Crippen molar-refractivity contribution in [2.45, 2.75) is 5.41 Å². The van der Waals surface area contributed by atoms with Crippen LogP contribution in [0, 0.1) is 0 Å². The van der Waals surface area contributed by atoms with Crippen molar-refractivity contribution in [2.75, 3.05) is 4.90 Å². The van der Waals surface area contributed by atoms with E-state index in [1.54, 1.807) is 0 Å². The molecule has 0 N–H and O–H groups in total. The highest BCUT2D eigenvalue weighted by Gasteiger charge is 2.49.